The quantitative estimate of drug-likeness (QED) is 0.939. The first kappa shape index (κ1) is 13.1. The summed E-state index contributed by atoms with van der Waals surface area (Å²) in [5.74, 6) is 0.320. The van der Waals surface area contributed by atoms with Crippen LogP contribution in [0.25, 0.3) is 0 Å². The summed E-state index contributed by atoms with van der Waals surface area (Å²) >= 11 is 3.16. The van der Waals surface area contributed by atoms with E-state index >= 15 is 0 Å². The zero-order valence-electron chi connectivity index (χ0n) is 9.86. The molecule has 0 aromatic heterocycles. The zero-order valence-corrected chi connectivity index (χ0v) is 11.4. The lowest BCUT2D eigenvalue weighted by molar-refractivity contribution is 0.407. The van der Waals surface area contributed by atoms with Crippen molar-refractivity contribution in [1.29, 1.82) is 0 Å². The maximum absolute atomic E-state index is 14.0. The van der Waals surface area contributed by atoms with Crippen molar-refractivity contribution in [3.63, 3.8) is 0 Å². The van der Waals surface area contributed by atoms with Gasteiger partial charge < -0.3 is 10.5 Å². The Morgan fingerprint density at radius 3 is 2.50 bits per heavy atom. The van der Waals surface area contributed by atoms with Crippen molar-refractivity contribution in [1.82, 2.24) is 0 Å². The zero-order chi connectivity index (χ0) is 13.1. The third kappa shape index (κ3) is 2.40. The summed E-state index contributed by atoms with van der Waals surface area (Å²) < 4.78 is 19.7. The highest BCUT2D eigenvalue weighted by atomic mass is 79.9. The Bertz CT molecular complexity index is 559. The number of hydrogen-bond acceptors (Lipinski definition) is 2. The largest absolute Gasteiger partial charge is 0.496 e. The van der Waals surface area contributed by atoms with Gasteiger partial charge in [-0.3, -0.25) is 0 Å². The number of rotatable bonds is 3. The van der Waals surface area contributed by atoms with E-state index in [4.69, 9.17) is 10.5 Å². The van der Waals surface area contributed by atoms with Gasteiger partial charge in [-0.05, 0) is 28.1 Å². The van der Waals surface area contributed by atoms with Crippen molar-refractivity contribution in [3.8, 4) is 5.75 Å². The van der Waals surface area contributed by atoms with Crippen LogP contribution in [0, 0.1) is 5.82 Å². The Balaban J connectivity index is 2.48. The lowest BCUT2D eigenvalue weighted by atomic mass is 9.98. The normalized spacial score (nSPS) is 12.2. The predicted octanol–water partition coefficient (Wildman–Crippen LogP) is 3.64. The van der Waals surface area contributed by atoms with E-state index in [-0.39, 0.29) is 5.82 Å². The van der Waals surface area contributed by atoms with Gasteiger partial charge in [0.25, 0.3) is 0 Å². The summed E-state index contributed by atoms with van der Waals surface area (Å²) in [4.78, 5) is 0. The van der Waals surface area contributed by atoms with Crippen molar-refractivity contribution in [3.05, 3.63) is 63.9 Å². The molecule has 0 aliphatic rings. The standard InChI is InChI=1S/C14H13BrFNO/c1-18-12-8-3-2-5-9(12)14(17)10-6-4-7-11(15)13(10)16/h2-8,14H,17H2,1H3. The van der Waals surface area contributed by atoms with Gasteiger partial charge in [-0.2, -0.15) is 0 Å². The molecule has 0 bridgehead atoms. The van der Waals surface area contributed by atoms with Gasteiger partial charge in [0.2, 0.25) is 0 Å². The van der Waals surface area contributed by atoms with E-state index in [9.17, 15) is 4.39 Å². The Morgan fingerprint density at radius 1 is 1.11 bits per heavy atom. The number of benzene rings is 2. The summed E-state index contributed by atoms with van der Waals surface area (Å²) in [7, 11) is 1.57. The van der Waals surface area contributed by atoms with Crippen LogP contribution in [-0.4, -0.2) is 7.11 Å². The van der Waals surface area contributed by atoms with Crippen molar-refractivity contribution in [2.45, 2.75) is 6.04 Å². The van der Waals surface area contributed by atoms with E-state index in [0.29, 0.717) is 15.8 Å². The lowest BCUT2D eigenvalue weighted by Crippen LogP contribution is -2.14. The molecule has 0 amide bonds. The summed E-state index contributed by atoms with van der Waals surface area (Å²) in [5.41, 5.74) is 7.32. The molecule has 0 fully saturated rings. The molecule has 94 valence electrons. The average molecular weight is 310 g/mol. The van der Waals surface area contributed by atoms with E-state index < -0.39 is 6.04 Å². The summed E-state index contributed by atoms with van der Waals surface area (Å²) in [6, 6.07) is 11.9. The molecule has 0 spiro atoms. The van der Waals surface area contributed by atoms with Crippen molar-refractivity contribution >= 4 is 15.9 Å². The fourth-order valence-electron chi connectivity index (χ4n) is 1.85. The SMILES string of the molecule is COc1ccccc1C(N)c1cccc(Br)c1F. The van der Waals surface area contributed by atoms with Gasteiger partial charge in [0, 0.05) is 11.1 Å². The molecule has 2 rings (SSSR count). The molecule has 0 saturated heterocycles. The maximum atomic E-state index is 14.0. The number of nitrogens with two attached hydrogens (primary N) is 1. The molecule has 0 saturated carbocycles. The molecular formula is C14H13BrFNO. The lowest BCUT2D eigenvalue weighted by Gasteiger charge is -2.17. The Kier molecular flexibility index (Phi) is 3.99. The fraction of sp³-hybridized carbons (Fsp3) is 0.143. The highest BCUT2D eigenvalue weighted by Gasteiger charge is 2.18. The molecule has 4 heteroatoms. The van der Waals surface area contributed by atoms with Crippen LogP contribution in [0.3, 0.4) is 0 Å². The minimum absolute atomic E-state index is 0.337. The van der Waals surface area contributed by atoms with Gasteiger partial charge in [-0.25, -0.2) is 4.39 Å². The molecule has 2 nitrogen and oxygen atoms in total. The molecule has 2 N–H and O–H groups in total. The van der Waals surface area contributed by atoms with Crippen LogP contribution in [0.2, 0.25) is 0 Å². The number of halogens is 2. The molecule has 0 radical (unpaired) electrons. The highest BCUT2D eigenvalue weighted by molar-refractivity contribution is 9.10. The van der Waals surface area contributed by atoms with Gasteiger partial charge in [0.1, 0.15) is 11.6 Å². The average Bonchev–Trinajstić information content (AvgIpc) is 2.41. The minimum Gasteiger partial charge on any atom is -0.496 e. The number of para-hydroxylation sites is 1. The second-order valence-electron chi connectivity index (χ2n) is 3.86. The van der Waals surface area contributed by atoms with E-state index in [1.54, 1.807) is 25.3 Å². The van der Waals surface area contributed by atoms with Crippen molar-refractivity contribution in [2.24, 2.45) is 5.73 Å². The van der Waals surface area contributed by atoms with Crippen LogP contribution in [0.15, 0.2) is 46.9 Å². The van der Waals surface area contributed by atoms with Crippen molar-refractivity contribution in [2.75, 3.05) is 7.11 Å². The molecule has 0 aliphatic heterocycles. The molecule has 1 unspecified atom stereocenters. The number of methoxy groups -OCH3 is 1. The first-order valence-electron chi connectivity index (χ1n) is 5.47. The molecule has 0 aliphatic carbocycles. The molecule has 2 aromatic rings. The van der Waals surface area contributed by atoms with Crippen LogP contribution in [0.4, 0.5) is 4.39 Å². The van der Waals surface area contributed by atoms with Gasteiger partial charge in [0.05, 0.1) is 17.6 Å². The number of hydrogen-bond donors (Lipinski definition) is 1. The first-order chi connectivity index (χ1) is 8.65. The summed E-state index contributed by atoms with van der Waals surface area (Å²) in [5, 5.41) is 0. The Morgan fingerprint density at radius 2 is 1.78 bits per heavy atom. The van der Waals surface area contributed by atoms with E-state index in [2.05, 4.69) is 15.9 Å². The second kappa shape index (κ2) is 5.50. The molecule has 2 aromatic carbocycles. The third-order valence-corrected chi connectivity index (χ3v) is 3.40. The predicted molar refractivity (Wildman–Crippen MR) is 73.1 cm³/mol. The van der Waals surface area contributed by atoms with Gasteiger partial charge >= 0.3 is 0 Å². The molecule has 0 heterocycles. The van der Waals surface area contributed by atoms with Gasteiger partial charge in [-0.15, -0.1) is 0 Å². The fourth-order valence-corrected chi connectivity index (χ4v) is 2.23. The summed E-state index contributed by atoms with van der Waals surface area (Å²) in [6.45, 7) is 0. The summed E-state index contributed by atoms with van der Waals surface area (Å²) in [6.07, 6.45) is 0. The van der Waals surface area contributed by atoms with E-state index in [1.807, 2.05) is 24.3 Å². The highest BCUT2D eigenvalue weighted by Crippen LogP contribution is 2.31. The minimum atomic E-state index is -0.557. The Hall–Kier alpha value is -1.39. The monoisotopic (exact) mass is 309 g/mol. The van der Waals surface area contributed by atoms with E-state index in [1.165, 1.54) is 0 Å². The Labute approximate surface area is 114 Å². The molecule has 18 heavy (non-hydrogen) atoms. The van der Waals surface area contributed by atoms with Gasteiger partial charge in [0.15, 0.2) is 0 Å². The van der Waals surface area contributed by atoms with E-state index in [0.717, 1.165) is 5.56 Å². The topological polar surface area (TPSA) is 35.2 Å². The molecular weight excluding hydrogens is 297 g/mol. The van der Waals surface area contributed by atoms with Crippen LogP contribution in [0.1, 0.15) is 17.2 Å². The van der Waals surface area contributed by atoms with Crippen LogP contribution < -0.4 is 10.5 Å². The van der Waals surface area contributed by atoms with Crippen LogP contribution in [0.5, 0.6) is 5.75 Å². The van der Waals surface area contributed by atoms with Crippen LogP contribution >= 0.6 is 15.9 Å². The smallest absolute Gasteiger partial charge is 0.142 e. The molecule has 1 atom stereocenters. The second-order valence-corrected chi connectivity index (χ2v) is 4.72. The van der Waals surface area contributed by atoms with Crippen LogP contribution in [-0.2, 0) is 0 Å². The van der Waals surface area contributed by atoms with Crippen molar-refractivity contribution < 1.29 is 9.13 Å². The van der Waals surface area contributed by atoms with Gasteiger partial charge in [-0.1, -0.05) is 30.3 Å². The first-order valence-corrected chi connectivity index (χ1v) is 6.27. The number of ether oxygens (including phenoxy) is 1. The maximum Gasteiger partial charge on any atom is 0.142 e. The third-order valence-electron chi connectivity index (χ3n) is 2.79.